The highest BCUT2D eigenvalue weighted by atomic mass is 19.3. The Balaban J connectivity index is 2.15. The van der Waals surface area contributed by atoms with Crippen LogP contribution in [-0.4, -0.2) is 22.2 Å². The number of halogens is 2. The van der Waals surface area contributed by atoms with Crippen LogP contribution in [0.4, 0.5) is 8.78 Å². The maximum Gasteiger partial charge on any atom is 0.387 e. The first-order chi connectivity index (χ1) is 9.10. The third kappa shape index (κ3) is 3.15. The van der Waals surface area contributed by atoms with E-state index in [1.54, 1.807) is 10.9 Å². The van der Waals surface area contributed by atoms with Gasteiger partial charge in [-0.2, -0.15) is 13.9 Å². The molecule has 19 heavy (non-hydrogen) atoms. The Labute approximate surface area is 108 Å². The molecule has 0 unspecified atom stereocenters. The van der Waals surface area contributed by atoms with Gasteiger partial charge in [0, 0.05) is 18.3 Å². The number of hydrogen-bond acceptors (Lipinski definition) is 3. The number of alkyl halides is 2. The average molecular weight is 266 g/mol. The van der Waals surface area contributed by atoms with Gasteiger partial charge in [0.2, 0.25) is 0 Å². The Morgan fingerprint density at radius 1 is 1.32 bits per heavy atom. The predicted molar refractivity (Wildman–Crippen MR) is 64.4 cm³/mol. The van der Waals surface area contributed by atoms with E-state index in [0.29, 0.717) is 17.7 Å². The summed E-state index contributed by atoms with van der Waals surface area (Å²) >= 11 is 0. The summed E-state index contributed by atoms with van der Waals surface area (Å²) in [7, 11) is 0. The van der Waals surface area contributed by atoms with Crippen LogP contribution in [0.15, 0.2) is 36.7 Å². The fraction of sp³-hybridized carbons (Fsp3) is 0.231. The number of aromatic nitrogens is 2. The molecule has 0 amide bonds. The molecule has 0 spiro atoms. The summed E-state index contributed by atoms with van der Waals surface area (Å²) in [5.41, 5.74) is 0.863. The van der Waals surface area contributed by atoms with E-state index in [1.807, 2.05) is 6.92 Å². The maximum absolute atomic E-state index is 12.1. The van der Waals surface area contributed by atoms with Crippen LogP contribution in [0.5, 0.6) is 5.75 Å². The molecule has 2 aromatic rings. The Kier molecular flexibility index (Phi) is 3.89. The van der Waals surface area contributed by atoms with Gasteiger partial charge in [0.1, 0.15) is 5.75 Å². The van der Waals surface area contributed by atoms with Crippen molar-refractivity contribution in [1.82, 2.24) is 9.78 Å². The molecule has 0 aliphatic heterocycles. The van der Waals surface area contributed by atoms with Crippen molar-refractivity contribution >= 4 is 5.78 Å². The van der Waals surface area contributed by atoms with Gasteiger partial charge in [0.05, 0.1) is 11.8 Å². The standard InChI is InChI=1S/C13H12F2N2O2/c1-2-17-8-10(7-16-17)12(18)9-3-5-11(6-4-9)19-13(14)15/h3-8,13H,2H2,1H3. The van der Waals surface area contributed by atoms with E-state index in [1.165, 1.54) is 30.5 Å². The zero-order valence-electron chi connectivity index (χ0n) is 10.2. The highest BCUT2D eigenvalue weighted by Gasteiger charge is 2.12. The molecule has 4 nitrogen and oxygen atoms in total. The van der Waals surface area contributed by atoms with Crippen LogP contribution in [-0.2, 0) is 6.54 Å². The zero-order valence-corrected chi connectivity index (χ0v) is 10.2. The second kappa shape index (κ2) is 5.60. The minimum absolute atomic E-state index is 0.0239. The van der Waals surface area contributed by atoms with Gasteiger partial charge in [0.15, 0.2) is 5.78 Å². The van der Waals surface area contributed by atoms with E-state index in [0.717, 1.165) is 0 Å². The number of carbonyl (C=O) groups is 1. The van der Waals surface area contributed by atoms with Crippen molar-refractivity contribution in [3.05, 3.63) is 47.8 Å². The number of hydrogen-bond donors (Lipinski definition) is 0. The lowest BCUT2D eigenvalue weighted by Gasteiger charge is -2.04. The number of nitrogens with zero attached hydrogens (tertiary/aromatic N) is 2. The van der Waals surface area contributed by atoms with Gasteiger partial charge in [-0.15, -0.1) is 0 Å². The van der Waals surface area contributed by atoms with Crippen LogP contribution in [0.1, 0.15) is 22.8 Å². The molecular weight excluding hydrogens is 254 g/mol. The van der Waals surface area contributed by atoms with Crippen molar-refractivity contribution in [3.8, 4) is 5.75 Å². The molecule has 0 bridgehead atoms. The Morgan fingerprint density at radius 3 is 2.53 bits per heavy atom. The molecule has 0 fully saturated rings. The molecule has 0 saturated heterocycles. The number of rotatable bonds is 5. The molecule has 6 heteroatoms. The zero-order chi connectivity index (χ0) is 13.8. The first-order valence-electron chi connectivity index (χ1n) is 5.72. The quantitative estimate of drug-likeness (QED) is 0.781. The van der Waals surface area contributed by atoms with Crippen LogP contribution >= 0.6 is 0 Å². The van der Waals surface area contributed by atoms with E-state index < -0.39 is 6.61 Å². The van der Waals surface area contributed by atoms with Crippen LogP contribution in [0.3, 0.4) is 0 Å². The van der Waals surface area contributed by atoms with E-state index in [9.17, 15) is 13.6 Å². The third-order valence-electron chi connectivity index (χ3n) is 2.56. The third-order valence-corrected chi connectivity index (χ3v) is 2.56. The van der Waals surface area contributed by atoms with Gasteiger partial charge < -0.3 is 4.74 Å². The van der Waals surface area contributed by atoms with Crippen molar-refractivity contribution < 1.29 is 18.3 Å². The van der Waals surface area contributed by atoms with Crippen molar-refractivity contribution in [2.24, 2.45) is 0 Å². The normalized spacial score (nSPS) is 10.7. The molecule has 0 saturated carbocycles. The lowest BCUT2D eigenvalue weighted by molar-refractivity contribution is -0.0498. The van der Waals surface area contributed by atoms with E-state index >= 15 is 0 Å². The molecule has 1 aromatic heterocycles. The van der Waals surface area contributed by atoms with Gasteiger partial charge in [-0.05, 0) is 31.2 Å². The number of aryl methyl sites for hydroxylation is 1. The van der Waals surface area contributed by atoms with Gasteiger partial charge in [-0.25, -0.2) is 0 Å². The summed E-state index contributed by atoms with van der Waals surface area (Å²) in [4.78, 5) is 12.1. The number of ether oxygens (including phenoxy) is 1. The average Bonchev–Trinajstić information content (AvgIpc) is 2.87. The van der Waals surface area contributed by atoms with Crippen molar-refractivity contribution in [3.63, 3.8) is 0 Å². The summed E-state index contributed by atoms with van der Waals surface area (Å²) < 4.78 is 29.8. The summed E-state index contributed by atoms with van der Waals surface area (Å²) in [5.74, 6) is -0.181. The molecule has 0 aliphatic rings. The SMILES string of the molecule is CCn1cc(C(=O)c2ccc(OC(F)F)cc2)cn1. The molecule has 0 aliphatic carbocycles. The molecule has 0 N–H and O–H groups in total. The molecule has 1 heterocycles. The van der Waals surface area contributed by atoms with E-state index in [-0.39, 0.29) is 11.5 Å². The second-order valence-electron chi connectivity index (χ2n) is 3.82. The molecular formula is C13H12F2N2O2. The van der Waals surface area contributed by atoms with Crippen LogP contribution in [0.2, 0.25) is 0 Å². The summed E-state index contributed by atoms with van der Waals surface area (Å²) in [6, 6.07) is 5.57. The Bertz CT molecular complexity index is 564. The molecule has 0 radical (unpaired) electrons. The summed E-state index contributed by atoms with van der Waals surface area (Å²) in [6.45, 7) is -0.282. The first kappa shape index (κ1) is 13.2. The van der Waals surface area contributed by atoms with Crippen molar-refractivity contribution in [2.45, 2.75) is 20.1 Å². The topological polar surface area (TPSA) is 44.1 Å². The van der Waals surface area contributed by atoms with Crippen LogP contribution < -0.4 is 4.74 Å². The highest BCUT2D eigenvalue weighted by molar-refractivity contribution is 6.08. The lowest BCUT2D eigenvalue weighted by atomic mass is 10.1. The molecule has 1 aromatic carbocycles. The lowest BCUT2D eigenvalue weighted by Crippen LogP contribution is -2.03. The van der Waals surface area contributed by atoms with Crippen molar-refractivity contribution in [2.75, 3.05) is 0 Å². The second-order valence-corrected chi connectivity index (χ2v) is 3.82. The van der Waals surface area contributed by atoms with Crippen LogP contribution in [0.25, 0.3) is 0 Å². The number of carbonyl (C=O) groups excluding carboxylic acids is 1. The predicted octanol–water partition coefficient (Wildman–Crippen LogP) is 2.74. The van der Waals surface area contributed by atoms with Crippen molar-refractivity contribution in [1.29, 1.82) is 0 Å². The fourth-order valence-electron chi connectivity index (χ4n) is 1.61. The van der Waals surface area contributed by atoms with E-state index in [4.69, 9.17) is 0 Å². The fourth-order valence-corrected chi connectivity index (χ4v) is 1.61. The van der Waals surface area contributed by atoms with Gasteiger partial charge in [0.25, 0.3) is 0 Å². The van der Waals surface area contributed by atoms with Crippen LogP contribution in [0, 0.1) is 0 Å². The first-order valence-corrected chi connectivity index (χ1v) is 5.72. The van der Waals surface area contributed by atoms with Gasteiger partial charge in [-0.3, -0.25) is 9.48 Å². The monoisotopic (exact) mass is 266 g/mol. The molecule has 2 rings (SSSR count). The minimum Gasteiger partial charge on any atom is -0.435 e. The Hall–Kier alpha value is -2.24. The minimum atomic E-state index is -2.87. The van der Waals surface area contributed by atoms with Gasteiger partial charge >= 0.3 is 6.61 Å². The summed E-state index contributed by atoms with van der Waals surface area (Å²) in [6.07, 6.45) is 3.13. The summed E-state index contributed by atoms with van der Waals surface area (Å²) in [5, 5.41) is 4.01. The highest BCUT2D eigenvalue weighted by Crippen LogP contribution is 2.17. The molecule has 100 valence electrons. The maximum atomic E-state index is 12.1. The number of benzene rings is 1. The Morgan fingerprint density at radius 2 is 2.00 bits per heavy atom. The smallest absolute Gasteiger partial charge is 0.387 e. The number of ketones is 1. The van der Waals surface area contributed by atoms with E-state index in [2.05, 4.69) is 9.84 Å². The largest absolute Gasteiger partial charge is 0.435 e. The van der Waals surface area contributed by atoms with Gasteiger partial charge in [-0.1, -0.05) is 0 Å². The molecule has 0 atom stereocenters.